The van der Waals surface area contributed by atoms with Crippen LogP contribution in [0.15, 0.2) is 103 Å². The van der Waals surface area contributed by atoms with E-state index in [1.54, 1.807) is 21.3 Å². The molecule has 0 bridgehead atoms. The van der Waals surface area contributed by atoms with Crippen molar-refractivity contribution in [1.29, 1.82) is 0 Å². The molecule has 1 radical (unpaired) electrons. The number of benzene rings is 5. The zero-order valence-electron chi connectivity index (χ0n) is 22.1. The molecule has 5 aromatic carbocycles. The van der Waals surface area contributed by atoms with E-state index in [1.165, 1.54) is 16.2 Å². The van der Waals surface area contributed by atoms with E-state index in [-0.39, 0.29) is 0 Å². The molecule has 187 valence electrons. The van der Waals surface area contributed by atoms with Gasteiger partial charge in [-0.25, -0.2) is 4.98 Å². The van der Waals surface area contributed by atoms with Crippen LogP contribution in [0, 0.1) is 0 Å². The summed E-state index contributed by atoms with van der Waals surface area (Å²) in [5, 5.41) is 15.2. The van der Waals surface area contributed by atoms with Gasteiger partial charge in [0.1, 0.15) is 5.82 Å². The van der Waals surface area contributed by atoms with Gasteiger partial charge >= 0.3 is 7.48 Å². The lowest BCUT2D eigenvalue weighted by Crippen LogP contribution is -2.49. The van der Waals surface area contributed by atoms with Gasteiger partial charge in [-0.1, -0.05) is 96.5 Å². The molecule has 0 aliphatic heterocycles. The zero-order valence-corrected chi connectivity index (χ0v) is 22.1. The van der Waals surface area contributed by atoms with E-state index in [0.29, 0.717) is 0 Å². The van der Waals surface area contributed by atoms with Gasteiger partial charge in [0.15, 0.2) is 0 Å². The highest BCUT2D eigenvalue weighted by Crippen LogP contribution is 2.38. The summed E-state index contributed by atoms with van der Waals surface area (Å²) in [6, 6.07) is 35.7. The van der Waals surface area contributed by atoms with Crippen molar-refractivity contribution in [3.63, 3.8) is 0 Å². The predicted molar refractivity (Wildman–Crippen MR) is 158 cm³/mol. The molecule has 0 aliphatic rings. The highest BCUT2D eigenvalue weighted by atomic mass is 16.5. The van der Waals surface area contributed by atoms with E-state index in [9.17, 15) is 5.11 Å². The minimum Gasteiger partial charge on any atom is -0.427 e. The van der Waals surface area contributed by atoms with Crippen LogP contribution in [0.25, 0.3) is 49.7 Å². The SMILES string of the molecule is CC(C)(O)C(C)(C)O[B]c1ccc(-c2nc3c4ccccc4c4ccccc4c3n2-c2ccccc2)cc1. The second-order valence-corrected chi connectivity index (χ2v) is 10.8. The Morgan fingerprint density at radius 1 is 0.684 bits per heavy atom. The Morgan fingerprint density at radius 2 is 1.24 bits per heavy atom. The first-order valence-corrected chi connectivity index (χ1v) is 13.0. The molecule has 0 fully saturated rings. The Bertz CT molecular complexity index is 1770. The van der Waals surface area contributed by atoms with Gasteiger partial charge in [0.05, 0.1) is 22.2 Å². The third kappa shape index (κ3) is 4.09. The van der Waals surface area contributed by atoms with Crippen LogP contribution < -0.4 is 5.46 Å². The number of aliphatic hydroxyl groups is 1. The lowest BCUT2D eigenvalue weighted by molar-refractivity contribution is -0.0893. The Kier molecular flexibility index (Phi) is 5.86. The normalized spacial score (nSPS) is 12.4. The van der Waals surface area contributed by atoms with Crippen molar-refractivity contribution in [3.8, 4) is 17.1 Å². The van der Waals surface area contributed by atoms with Crippen LogP contribution in [0.3, 0.4) is 0 Å². The minimum atomic E-state index is -0.977. The quantitative estimate of drug-likeness (QED) is 0.203. The maximum Gasteiger partial charge on any atom is 0.330 e. The van der Waals surface area contributed by atoms with Crippen molar-refractivity contribution in [2.45, 2.75) is 38.9 Å². The molecule has 6 aromatic rings. The van der Waals surface area contributed by atoms with Crippen molar-refractivity contribution in [2.75, 3.05) is 0 Å². The number of aromatic nitrogens is 2. The molecule has 0 unspecified atom stereocenters. The van der Waals surface area contributed by atoms with E-state index in [1.807, 2.05) is 32.0 Å². The molecule has 1 heterocycles. The van der Waals surface area contributed by atoms with Crippen LogP contribution in [-0.2, 0) is 4.65 Å². The second-order valence-electron chi connectivity index (χ2n) is 10.8. The number of para-hydroxylation sites is 1. The van der Waals surface area contributed by atoms with E-state index in [0.717, 1.165) is 39.0 Å². The molecule has 0 aliphatic carbocycles. The molecule has 4 nitrogen and oxygen atoms in total. The third-order valence-electron chi connectivity index (χ3n) is 7.68. The summed E-state index contributed by atoms with van der Waals surface area (Å²) in [4.78, 5) is 5.27. The Morgan fingerprint density at radius 3 is 1.87 bits per heavy atom. The third-order valence-corrected chi connectivity index (χ3v) is 7.68. The fourth-order valence-corrected chi connectivity index (χ4v) is 4.80. The molecule has 0 amide bonds. The van der Waals surface area contributed by atoms with Crippen LogP contribution in [0.4, 0.5) is 0 Å². The Hall–Kier alpha value is -3.93. The van der Waals surface area contributed by atoms with E-state index in [2.05, 4.69) is 89.5 Å². The van der Waals surface area contributed by atoms with Crippen molar-refractivity contribution in [3.05, 3.63) is 103 Å². The fraction of sp³-hybridized carbons (Fsp3) is 0.182. The molecule has 1 N–H and O–H groups in total. The molecule has 5 heteroatoms. The molecule has 6 rings (SSSR count). The van der Waals surface area contributed by atoms with E-state index >= 15 is 0 Å². The Balaban J connectivity index is 1.54. The van der Waals surface area contributed by atoms with Crippen molar-refractivity contribution in [2.24, 2.45) is 0 Å². The Labute approximate surface area is 223 Å². The maximum atomic E-state index is 10.4. The van der Waals surface area contributed by atoms with Crippen molar-refractivity contribution >= 4 is 45.5 Å². The average Bonchev–Trinajstić information content (AvgIpc) is 3.33. The van der Waals surface area contributed by atoms with Gasteiger partial charge in [-0.05, 0) is 50.6 Å². The summed E-state index contributed by atoms with van der Waals surface area (Å²) in [6.07, 6.45) is 0. The number of rotatable bonds is 6. The summed E-state index contributed by atoms with van der Waals surface area (Å²) in [5.74, 6) is 0.886. The van der Waals surface area contributed by atoms with E-state index in [4.69, 9.17) is 9.64 Å². The summed E-state index contributed by atoms with van der Waals surface area (Å²) < 4.78 is 8.24. The largest absolute Gasteiger partial charge is 0.427 e. The van der Waals surface area contributed by atoms with Gasteiger partial charge in [0.25, 0.3) is 0 Å². The van der Waals surface area contributed by atoms with Crippen molar-refractivity contribution in [1.82, 2.24) is 9.55 Å². The topological polar surface area (TPSA) is 47.3 Å². The second kappa shape index (κ2) is 9.12. The van der Waals surface area contributed by atoms with Gasteiger partial charge in [-0.15, -0.1) is 0 Å². The van der Waals surface area contributed by atoms with Crippen LogP contribution in [0.2, 0.25) is 0 Å². The summed E-state index contributed by atoms with van der Waals surface area (Å²) >= 11 is 0. The molecule has 38 heavy (non-hydrogen) atoms. The first kappa shape index (κ1) is 24.4. The highest BCUT2D eigenvalue weighted by Gasteiger charge is 2.35. The molecule has 1 aromatic heterocycles. The fourth-order valence-electron chi connectivity index (χ4n) is 4.80. The molecular weight excluding hydrogens is 467 g/mol. The summed E-state index contributed by atoms with van der Waals surface area (Å²) in [6.45, 7) is 7.28. The standard InChI is InChI=1S/C33H30BN2O2/c1-32(2,37)33(3,4)38-34-23-20-18-22(19-21-23)31-35-29-27-16-10-8-14-25(27)26-15-9-11-17-28(26)30(29)36(31)24-12-6-5-7-13-24/h5-21,37H,1-4H3. The van der Waals surface area contributed by atoms with Crippen LogP contribution in [0.5, 0.6) is 0 Å². The van der Waals surface area contributed by atoms with Crippen molar-refractivity contribution < 1.29 is 9.76 Å². The predicted octanol–water partition coefficient (Wildman–Crippen LogP) is 6.81. The smallest absolute Gasteiger partial charge is 0.330 e. The summed E-state index contributed by atoms with van der Waals surface area (Å²) in [7, 11) is 1.71. The molecule has 0 spiro atoms. The molecule has 0 saturated heterocycles. The molecular formula is C33H30BN2O2. The first-order valence-electron chi connectivity index (χ1n) is 13.0. The maximum absolute atomic E-state index is 10.4. The number of imidazole rings is 1. The lowest BCUT2D eigenvalue weighted by Gasteiger charge is -2.37. The van der Waals surface area contributed by atoms with Gasteiger partial charge in [0.2, 0.25) is 0 Å². The number of hydrogen-bond acceptors (Lipinski definition) is 3. The lowest BCUT2D eigenvalue weighted by atomic mass is 9.82. The number of fused-ring (bicyclic) bond motifs is 6. The van der Waals surface area contributed by atoms with Gasteiger partial charge in [-0.2, -0.15) is 0 Å². The number of hydrogen-bond donors (Lipinski definition) is 1. The first-order chi connectivity index (χ1) is 18.2. The molecule has 0 atom stereocenters. The van der Waals surface area contributed by atoms with Gasteiger partial charge in [0, 0.05) is 22.0 Å². The monoisotopic (exact) mass is 497 g/mol. The molecule has 0 saturated carbocycles. The van der Waals surface area contributed by atoms with Gasteiger partial charge in [-0.3, -0.25) is 4.57 Å². The average molecular weight is 497 g/mol. The summed E-state index contributed by atoms with van der Waals surface area (Å²) in [5.41, 5.74) is 3.39. The van der Waals surface area contributed by atoms with Crippen LogP contribution in [0.1, 0.15) is 27.7 Å². The number of nitrogens with zero attached hydrogens (tertiary/aromatic N) is 2. The minimum absolute atomic E-state index is 0.727. The van der Waals surface area contributed by atoms with E-state index < -0.39 is 11.2 Å². The van der Waals surface area contributed by atoms with Crippen LogP contribution >= 0.6 is 0 Å². The highest BCUT2D eigenvalue weighted by molar-refractivity contribution is 6.47. The van der Waals surface area contributed by atoms with Crippen LogP contribution in [-0.4, -0.2) is 33.3 Å². The zero-order chi connectivity index (χ0) is 26.5. The van der Waals surface area contributed by atoms with Gasteiger partial charge < -0.3 is 9.76 Å².